The third kappa shape index (κ3) is 2.86. The normalized spacial score (nSPS) is 21.3. The van der Waals surface area contributed by atoms with Gasteiger partial charge >= 0.3 is 0 Å². The summed E-state index contributed by atoms with van der Waals surface area (Å²) in [5.41, 5.74) is 2.13. The van der Waals surface area contributed by atoms with Gasteiger partial charge in [0.25, 0.3) is 0 Å². The van der Waals surface area contributed by atoms with Crippen LogP contribution in [-0.4, -0.2) is 37.6 Å². The van der Waals surface area contributed by atoms with Gasteiger partial charge in [0.05, 0.1) is 6.61 Å². The predicted molar refractivity (Wildman–Crippen MR) is 85.9 cm³/mol. The van der Waals surface area contributed by atoms with Crippen molar-refractivity contribution in [3.63, 3.8) is 0 Å². The molecule has 5 nitrogen and oxygen atoms in total. The summed E-state index contributed by atoms with van der Waals surface area (Å²) >= 11 is 0. The van der Waals surface area contributed by atoms with Gasteiger partial charge in [0.2, 0.25) is 11.8 Å². The van der Waals surface area contributed by atoms with Crippen molar-refractivity contribution < 1.29 is 14.3 Å². The number of nitrogens with zero attached hydrogens (tertiary/aromatic N) is 1. The number of hydrogen-bond donors (Lipinski definition) is 1. The summed E-state index contributed by atoms with van der Waals surface area (Å²) < 4.78 is 4.96. The first-order chi connectivity index (χ1) is 10.4. The Morgan fingerprint density at radius 3 is 2.82 bits per heavy atom. The van der Waals surface area contributed by atoms with Crippen LogP contribution in [0.3, 0.4) is 0 Å². The van der Waals surface area contributed by atoms with E-state index in [0.29, 0.717) is 26.0 Å². The average Bonchev–Trinajstić information content (AvgIpc) is 2.79. The van der Waals surface area contributed by atoms with Gasteiger partial charge in [0, 0.05) is 25.8 Å². The molecule has 120 valence electrons. The Morgan fingerprint density at radius 2 is 2.14 bits per heavy atom. The number of aryl methyl sites for hydroxylation is 1. The lowest BCUT2D eigenvalue weighted by molar-refractivity contribution is -0.127. The van der Waals surface area contributed by atoms with E-state index in [4.69, 9.17) is 4.74 Å². The highest BCUT2D eigenvalue weighted by atomic mass is 16.5. The molecule has 5 heteroatoms. The fourth-order valence-corrected chi connectivity index (χ4v) is 2.90. The Kier molecular flexibility index (Phi) is 4.86. The fraction of sp³-hybridized carbons (Fsp3) is 0.529. The van der Waals surface area contributed by atoms with Crippen molar-refractivity contribution in [1.82, 2.24) is 5.32 Å². The SMILES string of the molecule is COCCNC(=O)[C@]1(C)CCC(=O)N1c1cccc(C)c1C. The maximum atomic E-state index is 12.6. The first-order valence-electron chi connectivity index (χ1n) is 7.58. The highest BCUT2D eigenvalue weighted by molar-refractivity contribution is 6.07. The van der Waals surface area contributed by atoms with Crippen LogP contribution in [0.2, 0.25) is 0 Å². The van der Waals surface area contributed by atoms with Gasteiger partial charge in [-0.3, -0.25) is 14.5 Å². The Morgan fingerprint density at radius 1 is 1.41 bits per heavy atom. The summed E-state index contributed by atoms with van der Waals surface area (Å²) in [6, 6.07) is 5.84. The van der Waals surface area contributed by atoms with Gasteiger partial charge in [-0.2, -0.15) is 0 Å². The van der Waals surface area contributed by atoms with E-state index in [-0.39, 0.29) is 11.8 Å². The Balaban J connectivity index is 2.33. The van der Waals surface area contributed by atoms with Crippen LogP contribution in [0.15, 0.2) is 18.2 Å². The number of anilines is 1. The van der Waals surface area contributed by atoms with E-state index in [1.54, 1.807) is 12.0 Å². The molecule has 1 fully saturated rings. The van der Waals surface area contributed by atoms with Gasteiger partial charge in [-0.15, -0.1) is 0 Å². The molecule has 1 saturated heterocycles. The van der Waals surface area contributed by atoms with Gasteiger partial charge < -0.3 is 10.1 Å². The fourth-order valence-electron chi connectivity index (χ4n) is 2.90. The summed E-state index contributed by atoms with van der Waals surface area (Å²) in [4.78, 5) is 26.7. The number of carbonyl (C=O) groups is 2. The minimum Gasteiger partial charge on any atom is -0.383 e. The largest absolute Gasteiger partial charge is 0.383 e. The van der Waals surface area contributed by atoms with Gasteiger partial charge in [0.1, 0.15) is 5.54 Å². The van der Waals surface area contributed by atoms with Crippen LogP contribution in [0.25, 0.3) is 0 Å². The predicted octanol–water partition coefficient (Wildman–Crippen LogP) is 1.95. The van der Waals surface area contributed by atoms with Crippen LogP contribution < -0.4 is 10.2 Å². The van der Waals surface area contributed by atoms with Crippen LogP contribution in [0.5, 0.6) is 0 Å². The van der Waals surface area contributed by atoms with Crippen molar-refractivity contribution in [3.8, 4) is 0 Å². The van der Waals surface area contributed by atoms with Crippen LogP contribution >= 0.6 is 0 Å². The Hall–Kier alpha value is -1.88. The van der Waals surface area contributed by atoms with Gasteiger partial charge in [0.15, 0.2) is 0 Å². The standard InChI is InChI=1S/C17H24N2O3/c1-12-6-5-7-14(13(12)2)19-15(20)8-9-17(19,3)16(21)18-10-11-22-4/h5-7H,8-11H2,1-4H3,(H,18,21)/t17-/m0/s1. The summed E-state index contributed by atoms with van der Waals surface area (Å²) in [5, 5.41) is 2.86. The molecule has 0 bridgehead atoms. The number of amides is 2. The van der Waals surface area contributed by atoms with Gasteiger partial charge in [-0.05, 0) is 44.4 Å². The third-order valence-corrected chi connectivity index (χ3v) is 4.47. The second-order valence-electron chi connectivity index (χ2n) is 5.97. The molecule has 0 spiro atoms. The zero-order chi connectivity index (χ0) is 16.3. The van der Waals surface area contributed by atoms with Crippen molar-refractivity contribution in [2.45, 2.75) is 39.2 Å². The molecule has 1 atom stereocenters. The zero-order valence-electron chi connectivity index (χ0n) is 13.7. The Bertz CT molecular complexity index is 585. The van der Waals surface area contributed by atoms with Gasteiger partial charge in [-0.1, -0.05) is 12.1 Å². The summed E-state index contributed by atoms with van der Waals surface area (Å²) in [6.45, 7) is 6.73. The zero-order valence-corrected chi connectivity index (χ0v) is 13.7. The minimum absolute atomic E-state index is 0.00177. The van der Waals surface area contributed by atoms with Crippen LogP contribution in [0.4, 0.5) is 5.69 Å². The number of benzene rings is 1. The molecular weight excluding hydrogens is 280 g/mol. The van der Waals surface area contributed by atoms with Crippen molar-refractivity contribution in [2.24, 2.45) is 0 Å². The maximum absolute atomic E-state index is 12.6. The quantitative estimate of drug-likeness (QED) is 0.846. The van der Waals surface area contributed by atoms with E-state index in [1.165, 1.54) is 0 Å². The van der Waals surface area contributed by atoms with E-state index in [1.807, 2.05) is 39.0 Å². The lowest BCUT2D eigenvalue weighted by Crippen LogP contribution is -2.55. The van der Waals surface area contributed by atoms with Crippen LogP contribution in [0, 0.1) is 13.8 Å². The number of ether oxygens (including phenoxy) is 1. The summed E-state index contributed by atoms with van der Waals surface area (Å²) in [7, 11) is 1.59. The van der Waals surface area contributed by atoms with Crippen LogP contribution in [0.1, 0.15) is 30.9 Å². The topological polar surface area (TPSA) is 58.6 Å². The molecule has 0 unspecified atom stereocenters. The third-order valence-electron chi connectivity index (χ3n) is 4.47. The first kappa shape index (κ1) is 16.5. The Labute approximate surface area is 131 Å². The second-order valence-corrected chi connectivity index (χ2v) is 5.97. The van der Waals surface area contributed by atoms with Crippen molar-refractivity contribution in [2.75, 3.05) is 25.2 Å². The highest BCUT2D eigenvalue weighted by Crippen LogP contribution is 2.37. The van der Waals surface area contributed by atoms with E-state index >= 15 is 0 Å². The lowest BCUT2D eigenvalue weighted by atomic mass is 9.95. The second kappa shape index (κ2) is 6.48. The molecule has 1 aromatic carbocycles. The van der Waals surface area contributed by atoms with E-state index in [0.717, 1.165) is 16.8 Å². The summed E-state index contributed by atoms with van der Waals surface area (Å²) in [6.07, 6.45) is 0.916. The molecule has 0 radical (unpaired) electrons. The smallest absolute Gasteiger partial charge is 0.246 e. The van der Waals surface area contributed by atoms with Crippen LogP contribution in [-0.2, 0) is 14.3 Å². The maximum Gasteiger partial charge on any atom is 0.246 e. The molecule has 1 aliphatic heterocycles. The van der Waals surface area contributed by atoms with E-state index in [2.05, 4.69) is 5.32 Å². The van der Waals surface area contributed by atoms with Crippen molar-refractivity contribution in [3.05, 3.63) is 29.3 Å². The van der Waals surface area contributed by atoms with Crippen molar-refractivity contribution in [1.29, 1.82) is 0 Å². The van der Waals surface area contributed by atoms with Crippen molar-refractivity contribution >= 4 is 17.5 Å². The number of hydrogen-bond acceptors (Lipinski definition) is 3. The van der Waals surface area contributed by atoms with Gasteiger partial charge in [-0.25, -0.2) is 0 Å². The molecule has 2 rings (SSSR count). The molecule has 0 aliphatic carbocycles. The minimum atomic E-state index is -0.844. The molecule has 1 N–H and O–H groups in total. The van der Waals surface area contributed by atoms with E-state index < -0.39 is 5.54 Å². The molecule has 1 aromatic rings. The molecule has 1 aliphatic rings. The molecule has 22 heavy (non-hydrogen) atoms. The lowest BCUT2D eigenvalue weighted by Gasteiger charge is -2.35. The number of rotatable bonds is 5. The van der Waals surface area contributed by atoms with E-state index in [9.17, 15) is 9.59 Å². The molecule has 0 saturated carbocycles. The summed E-state index contributed by atoms with van der Waals surface area (Å²) in [5.74, 6) is -0.130. The molecule has 1 heterocycles. The number of carbonyl (C=O) groups excluding carboxylic acids is 2. The molecular formula is C17H24N2O3. The number of methoxy groups -OCH3 is 1. The molecule has 2 amide bonds. The monoisotopic (exact) mass is 304 g/mol. The highest BCUT2D eigenvalue weighted by Gasteiger charge is 2.48. The number of nitrogens with one attached hydrogen (secondary N) is 1. The average molecular weight is 304 g/mol. The first-order valence-corrected chi connectivity index (χ1v) is 7.58. The molecule has 0 aromatic heterocycles.